The minimum atomic E-state index is -4.51. The Bertz CT molecular complexity index is 986. The van der Waals surface area contributed by atoms with Gasteiger partial charge in [-0.1, -0.05) is 18.5 Å². The van der Waals surface area contributed by atoms with Crippen LogP contribution in [0.2, 0.25) is 5.02 Å². The second-order valence-corrected chi connectivity index (χ2v) is 6.62. The number of aromatic nitrogens is 5. The van der Waals surface area contributed by atoms with Crippen LogP contribution in [0, 0.1) is 5.92 Å². The van der Waals surface area contributed by atoms with E-state index in [0.29, 0.717) is 18.4 Å². The summed E-state index contributed by atoms with van der Waals surface area (Å²) < 4.78 is 40.7. The van der Waals surface area contributed by atoms with Crippen LogP contribution in [0.3, 0.4) is 0 Å². The van der Waals surface area contributed by atoms with E-state index in [0.717, 1.165) is 23.4 Å². The summed E-state index contributed by atoms with van der Waals surface area (Å²) >= 11 is 6.12. The van der Waals surface area contributed by atoms with Crippen molar-refractivity contribution in [1.29, 1.82) is 0 Å². The van der Waals surface area contributed by atoms with Gasteiger partial charge in [-0.05, 0) is 18.1 Å². The van der Waals surface area contributed by atoms with Gasteiger partial charge in [0.2, 0.25) is 0 Å². The first-order valence-electron chi connectivity index (χ1n) is 8.27. The molecular weight excluding hydrogens is 397 g/mol. The number of anilines is 1. The van der Waals surface area contributed by atoms with Gasteiger partial charge in [-0.2, -0.15) is 23.0 Å². The molecule has 0 aliphatic heterocycles. The van der Waals surface area contributed by atoms with E-state index >= 15 is 0 Å². The maximum absolute atomic E-state index is 12.6. The fourth-order valence-corrected chi connectivity index (χ4v) is 2.70. The van der Waals surface area contributed by atoms with E-state index in [1.54, 1.807) is 12.5 Å². The number of hydrogen-bond donors (Lipinski definition) is 1. The van der Waals surface area contributed by atoms with Gasteiger partial charge in [-0.3, -0.25) is 4.79 Å². The average Bonchev–Trinajstić information content (AvgIpc) is 3.15. The van der Waals surface area contributed by atoms with Gasteiger partial charge >= 0.3 is 6.18 Å². The molecule has 0 radical (unpaired) electrons. The molecule has 3 aromatic heterocycles. The number of rotatable bonds is 6. The first-order valence-corrected chi connectivity index (χ1v) is 8.64. The summed E-state index contributed by atoms with van der Waals surface area (Å²) in [6.45, 7) is 3.27. The second-order valence-electron chi connectivity index (χ2n) is 6.24. The van der Waals surface area contributed by atoms with Crippen LogP contribution in [0.15, 0.2) is 48.0 Å². The lowest BCUT2D eigenvalue weighted by Gasteiger charge is -2.15. The lowest BCUT2D eigenvalue weighted by atomic mass is 10.2. The van der Waals surface area contributed by atoms with E-state index < -0.39 is 17.3 Å². The van der Waals surface area contributed by atoms with Crippen molar-refractivity contribution in [3.8, 4) is 5.82 Å². The lowest BCUT2D eigenvalue weighted by molar-refractivity contribution is -0.137. The van der Waals surface area contributed by atoms with Crippen molar-refractivity contribution in [2.24, 2.45) is 5.92 Å². The van der Waals surface area contributed by atoms with Crippen LogP contribution >= 0.6 is 11.6 Å². The average molecular weight is 413 g/mol. The van der Waals surface area contributed by atoms with Crippen LogP contribution in [-0.4, -0.2) is 30.9 Å². The molecule has 0 fully saturated rings. The molecule has 3 heterocycles. The summed E-state index contributed by atoms with van der Waals surface area (Å²) in [6.07, 6.45) is 2.72. The number of imidazole rings is 1. The van der Waals surface area contributed by atoms with E-state index in [-0.39, 0.29) is 16.8 Å². The molecule has 0 saturated heterocycles. The molecule has 0 aliphatic carbocycles. The van der Waals surface area contributed by atoms with Crippen LogP contribution < -0.4 is 10.9 Å². The summed E-state index contributed by atoms with van der Waals surface area (Å²) in [5, 5.41) is 6.90. The Morgan fingerprint density at radius 3 is 2.68 bits per heavy atom. The van der Waals surface area contributed by atoms with Crippen molar-refractivity contribution in [3.05, 3.63) is 64.2 Å². The molecule has 148 valence electrons. The highest BCUT2D eigenvalue weighted by Crippen LogP contribution is 2.28. The smallest absolute Gasteiger partial charge is 0.382 e. The number of alkyl halides is 3. The van der Waals surface area contributed by atoms with E-state index in [2.05, 4.69) is 20.4 Å². The van der Waals surface area contributed by atoms with Gasteiger partial charge in [0.25, 0.3) is 5.56 Å². The summed E-state index contributed by atoms with van der Waals surface area (Å²) in [5.41, 5.74) is -1.26. The van der Waals surface area contributed by atoms with E-state index in [4.69, 9.17) is 11.6 Å². The molecule has 7 nitrogen and oxygen atoms in total. The summed E-state index contributed by atoms with van der Waals surface area (Å²) in [5.74, 6) is 0.157. The maximum Gasteiger partial charge on any atom is 0.417 e. The predicted molar refractivity (Wildman–Crippen MR) is 97.5 cm³/mol. The van der Waals surface area contributed by atoms with Crippen LogP contribution in [0.4, 0.5) is 18.9 Å². The van der Waals surface area contributed by atoms with Gasteiger partial charge in [-0.25, -0.2) is 9.97 Å². The number of halogens is 4. The monoisotopic (exact) mass is 412 g/mol. The van der Waals surface area contributed by atoms with Gasteiger partial charge in [0, 0.05) is 31.7 Å². The summed E-state index contributed by atoms with van der Waals surface area (Å²) in [4.78, 5) is 20.1. The van der Waals surface area contributed by atoms with Crippen LogP contribution in [0.1, 0.15) is 12.5 Å². The highest BCUT2D eigenvalue weighted by atomic mass is 35.5. The molecule has 3 aromatic rings. The molecule has 0 aliphatic rings. The zero-order valence-corrected chi connectivity index (χ0v) is 15.4. The topological polar surface area (TPSA) is 77.6 Å². The SMILES string of the molecule is CC(CNc1cnn(-c2ccc(C(F)(F)F)cn2)c(=O)c1Cl)Cn1ccnc1. The molecule has 0 spiro atoms. The molecule has 3 rings (SSSR count). The van der Waals surface area contributed by atoms with E-state index in [1.165, 1.54) is 6.20 Å². The summed E-state index contributed by atoms with van der Waals surface area (Å²) in [6, 6.07) is 1.89. The third kappa shape index (κ3) is 4.50. The molecular formula is C17H16ClF3N6O. The van der Waals surface area contributed by atoms with Crippen LogP contribution in [0.25, 0.3) is 5.82 Å². The second kappa shape index (κ2) is 8.01. The van der Waals surface area contributed by atoms with Gasteiger partial charge in [0.05, 0.1) is 23.8 Å². The normalized spacial score (nSPS) is 12.8. The van der Waals surface area contributed by atoms with Crippen molar-refractivity contribution in [1.82, 2.24) is 24.3 Å². The minimum absolute atomic E-state index is 0.0556. The number of nitrogens with zero attached hydrogens (tertiary/aromatic N) is 5. The quantitative estimate of drug-likeness (QED) is 0.672. The largest absolute Gasteiger partial charge is 0.417 e. The number of nitrogens with one attached hydrogen (secondary N) is 1. The molecule has 1 N–H and O–H groups in total. The Hall–Kier alpha value is -2.88. The molecule has 0 aromatic carbocycles. The van der Waals surface area contributed by atoms with Crippen molar-refractivity contribution in [2.75, 3.05) is 11.9 Å². The van der Waals surface area contributed by atoms with Crippen molar-refractivity contribution >= 4 is 17.3 Å². The number of hydrogen-bond acceptors (Lipinski definition) is 5. The van der Waals surface area contributed by atoms with Crippen molar-refractivity contribution in [3.63, 3.8) is 0 Å². The fraction of sp³-hybridized carbons (Fsp3) is 0.294. The van der Waals surface area contributed by atoms with Crippen LogP contribution in [0.5, 0.6) is 0 Å². The van der Waals surface area contributed by atoms with E-state index in [1.807, 2.05) is 17.7 Å². The molecule has 0 bridgehead atoms. The molecule has 1 atom stereocenters. The fourth-order valence-electron chi connectivity index (χ4n) is 2.50. The molecule has 1 unspecified atom stereocenters. The standard InChI is InChI=1S/C17H16ClF3N6O/c1-11(9-26-5-4-22-10-26)6-23-13-8-25-27(16(28)15(13)18)14-3-2-12(7-24-14)17(19,20)21/h2-5,7-8,10-11,23H,6,9H2,1H3. The first-order chi connectivity index (χ1) is 13.3. The zero-order chi connectivity index (χ0) is 20.3. The van der Waals surface area contributed by atoms with Gasteiger partial charge in [0.15, 0.2) is 5.82 Å². The van der Waals surface area contributed by atoms with Gasteiger partial charge < -0.3 is 9.88 Å². The lowest BCUT2D eigenvalue weighted by Crippen LogP contribution is -2.25. The zero-order valence-electron chi connectivity index (χ0n) is 14.7. The molecule has 0 saturated carbocycles. The van der Waals surface area contributed by atoms with Gasteiger partial charge in [-0.15, -0.1) is 0 Å². The highest BCUT2D eigenvalue weighted by Gasteiger charge is 2.30. The predicted octanol–water partition coefficient (Wildman–Crippen LogP) is 3.24. The number of pyridine rings is 1. The third-order valence-corrected chi connectivity index (χ3v) is 4.30. The van der Waals surface area contributed by atoms with Crippen LogP contribution in [-0.2, 0) is 12.7 Å². The Labute approximate surface area is 162 Å². The molecule has 28 heavy (non-hydrogen) atoms. The first kappa shape index (κ1) is 19.9. The highest BCUT2D eigenvalue weighted by molar-refractivity contribution is 6.32. The Kier molecular flexibility index (Phi) is 5.68. The Morgan fingerprint density at radius 2 is 2.07 bits per heavy atom. The summed E-state index contributed by atoms with van der Waals surface area (Å²) in [7, 11) is 0. The van der Waals surface area contributed by atoms with Gasteiger partial charge in [0.1, 0.15) is 5.02 Å². The molecule has 0 amide bonds. The maximum atomic E-state index is 12.6. The van der Waals surface area contributed by atoms with Crippen molar-refractivity contribution in [2.45, 2.75) is 19.6 Å². The van der Waals surface area contributed by atoms with E-state index in [9.17, 15) is 18.0 Å². The minimum Gasteiger partial charge on any atom is -0.382 e. The third-order valence-electron chi connectivity index (χ3n) is 3.93. The molecule has 11 heteroatoms. The Morgan fingerprint density at radius 1 is 1.29 bits per heavy atom. The van der Waals surface area contributed by atoms with Crippen molar-refractivity contribution < 1.29 is 13.2 Å². The Balaban J connectivity index is 1.73.